The lowest BCUT2D eigenvalue weighted by Crippen LogP contribution is -2.07. The van der Waals surface area contributed by atoms with Gasteiger partial charge in [0.2, 0.25) is 0 Å². The van der Waals surface area contributed by atoms with Gasteiger partial charge < -0.3 is 5.11 Å². The van der Waals surface area contributed by atoms with Gasteiger partial charge in [0.05, 0.1) is 23.7 Å². The van der Waals surface area contributed by atoms with Crippen LogP contribution in [0.1, 0.15) is 24.0 Å². The van der Waals surface area contributed by atoms with Crippen molar-refractivity contribution in [2.45, 2.75) is 37.1 Å². The summed E-state index contributed by atoms with van der Waals surface area (Å²) in [7, 11) is 0. The van der Waals surface area contributed by atoms with Crippen molar-refractivity contribution in [3.05, 3.63) is 35.7 Å². The van der Waals surface area contributed by atoms with Gasteiger partial charge in [0.25, 0.3) is 0 Å². The molecule has 26 heavy (non-hydrogen) atoms. The van der Waals surface area contributed by atoms with Crippen LogP contribution in [0.15, 0.2) is 24.5 Å². The van der Waals surface area contributed by atoms with E-state index in [0.29, 0.717) is 24.4 Å². The maximum Gasteiger partial charge on any atom is 0.416 e. The van der Waals surface area contributed by atoms with E-state index in [1.54, 1.807) is 10.9 Å². The van der Waals surface area contributed by atoms with Crippen molar-refractivity contribution in [2.24, 2.45) is 0 Å². The Balaban J connectivity index is 1.59. The normalized spacial score (nSPS) is 26.8. The molecule has 134 valence electrons. The van der Waals surface area contributed by atoms with Crippen molar-refractivity contribution in [1.29, 1.82) is 0 Å². The number of rotatable bonds is 2. The molecule has 2 fully saturated rings. The molecule has 0 radical (unpaired) electrons. The third-order valence-corrected chi connectivity index (χ3v) is 5.29. The number of halogens is 4. The predicted octanol–water partition coefficient (Wildman–Crippen LogP) is 3.74. The molecule has 0 amide bonds. The largest absolute Gasteiger partial charge is 0.507 e. The van der Waals surface area contributed by atoms with E-state index < -0.39 is 28.7 Å². The number of alkyl halides is 4. The summed E-state index contributed by atoms with van der Waals surface area (Å²) in [6.07, 6.45) is -0.703. The molecule has 2 saturated carbocycles. The number of aromatic nitrogens is 4. The van der Waals surface area contributed by atoms with Crippen LogP contribution < -0.4 is 0 Å². The smallest absolute Gasteiger partial charge is 0.416 e. The lowest BCUT2D eigenvalue weighted by Gasteiger charge is -2.12. The third kappa shape index (κ3) is 1.94. The van der Waals surface area contributed by atoms with Gasteiger partial charge in [0.1, 0.15) is 22.5 Å². The summed E-state index contributed by atoms with van der Waals surface area (Å²) >= 11 is 0. The summed E-state index contributed by atoms with van der Waals surface area (Å²) in [6, 6.07) is 1.61. The second-order valence-electron chi connectivity index (χ2n) is 7.07. The van der Waals surface area contributed by atoms with Crippen LogP contribution in [-0.4, -0.2) is 30.5 Å². The van der Waals surface area contributed by atoms with Gasteiger partial charge in [-0.25, -0.2) is 14.4 Å². The minimum Gasteiger partial charge on any atom is -0.507 e. The molecular weight excluding hydrogens is 352 g/mol. The first-order valence-electron chi connectivity index (χ1n) is 7.96. The monoisotopic (exact) mass is 364 g/mol. The lowest BCUT2D eigenvalue weighted by atomic mass is 10.0. The van der Waals surface area contributed by atoms with Gasteiger partial charge in [-0.1, -0.05) is 0 Å². The fraction of sp³-hybridized carbons (Fsp3) is 0.353. The van der Waals surface area contributed by atoms with E-state index in [1.165, 1.54) is 13.1 Å². The molecule has 1 N–H and O–H groups in total. The Morgan fingerprint density at radius 1 is 1.23 bits per heavy atom. The number of aryl methyl sites for hydroxylation is 1. The highest BCUT2D eigenvalue weighted by Gasteiger charge is 2.88. The summed E-state index contributed by atoms with van der Waals surface area (Å²) < 4.78 is 54.0. The Bertz CT molecular complexity index is 1060. The second kappa shape index (κ2) is 4.33. The van der Waals surface area contributed by atoms with Crippen molar-refractivity contribution < 1.29 is 22.7 Å². The van der Waals surface area contributed by atoms with Gasteiger partial charge >= 0.3 is 6.18 Å². The summed E-state index contributed by atoms with van der Waals surface area (Å²) in [5.74, 6) is -0.531. The third-order valence-electron chi connectivity index (χ3n) is 5.29. The molecule has 2 heterocycles. The molecule has 5 nitrogen and oxygen atoms in total. The maximum absolute atomic E-state index is 13.9. The SMILES string of the molecule is Cc1cc(C(F)(F)F)cc(O)c1-c1cnc2cn(C34CC3(F)C4)nc2n1. The molecule has 0 saturated heterocycles. The average Bonchev–Trinajstić information content (AvgIpc) is 3.21. The Morgan fingerprint density at radius 2 is 1.92 bits per heavy atom. The highest BCUT2D eigenvalue weighted by Crippen LogP contribution is 2.78. The van der Waals surface area contributed by atoms with Crippen LogP contribution in [0.2, 0.25) is 0 Å². The summed E-state index contributed by atoms with van der Waals surface area (Å²) in [6.45, 7) is 1.46. The van der Waals surface area contributed by atoms with E-state index in [4.69, 9.17) is 0 Å². The first-order valence-corrected chi connectivity index (χ1v) is 7.96. The van der Waals surface area contributed by atoms with Crippen molar-refractivity contribution in [1.82, 2.24) is 19.7 Å². The molecule has 2 aromatic heterocycles. The van der Waals surface area contributed by atoms with E-state index in [0.717, 1.165) is 6.07 Å². The van der Waals surface area contributed by atoms with Crippen LogP contribution in [0.5, 0.6) is 5.75 Å². The summed E-state index contributed by atoms with van der Waals surface area (Å²) in [5, 5.41) is 14.4. The lowest BCUT2D eigenvalue weighted by molar-refractivity contribution is -0.137. The number of phenols is 1. The van der Waals surface area contributed by atoms with E-state index in [1.807, 2.05) is 0 Å². The van der Waals surface area contributed by atoms with Gasteiger partial charge in [-0.05, 0) is 24.6 Å². The first kappa shape index (κ1) is 15.5. The standard InChI is InChI=1S/C17H12F4N4O/c1-8-2-9(17(19,20)21)3-12(26)13(8)10-4-22-11-5-25(24-14(11)23-10)16-6-15(16,18)7-16/h2-5,26H,6-7H2,1H3. The van der Waals surface area contributed by atoms with Gasteiger partial charge in [0, 0.05) is 18.4 Å². The number of benzene rings is 1. The minimum atomic E-state index is -4.55. The fourth-order valence-electron chi connectivity index (χ4n) is 3.56. The molecule has 0 atom stereocenters. The van der Waals surface area contributed by atoms with Crippen molar-refractivity contribution in [3.63, 3.8) is 0 Å². The highest BCUT2D eigenvalue weighted by molar-refractivity contribution is 5.77. The number of fused-ring (bicyclic) bond motifs is 2. The molecule has 1 aromatic carbocycles. The molecular formula is C17H12F4N4O. The Hall–Kier alpha value is -2.71. The molecule has 2 aliphatic carbocycles. The Kier molecular flexibility index (Phi) is 2.59. The number of hydrogen-bond donors (Lipinski definition) is 1. The van der Waals surface area contributed by atoms with E-state index in [9.17, 15) is 22.7 Å². The van der Waals surface area contributed by atoms with Crippen LogP contribution in [0.25, 0.3) is 22.4 Å². The quantitative estimate of drug-likeness (QED) is 0.704. The van der Waals surface area contributed by atoms with Gasteiger partial charge in [0.15, 0.2) is 5.65 Å². The van der Waals surface area contributed by atoms with Gasteiger partial charge in [-0.15, -0.1) is 5.10 Å². The van der Waals surface area contributed by atoms with Gasteiger partial charge in [-0.3, -0.25) is 4.68 Å². The van der Waals surface area contributed by atoms with E-state index in [2.05, 4.69) is 15.1 Å². The average molecular weight is 364 g/mol. The van der Waals surface area contributed by atoms with Crippen molar-refractivity contribution >= 4 is 11.2 Å². The molecule has 0 spiro atoms. The van der Waals surface area contributed by atoms with Crippen LogP contribution in [0, 0.1) is 6.92 Å². The maximum atomic E-state index is 13.9. The van der Waals surface area contributed by atoms with E-state index in [-0.39, 0.29) is 22.5 Å². The zero-order valence-electron chi connectivity index (χ0n) is 13.5. The molecule has 3 aromatic rings. The van der Waals surface area contributed by atoms with Crippen LogP contribution in [-0.2, 0) is 11.7 Å². The zero-order valence-corrected chi connectivity index (χ0v) is 13.5. The van der Waals surface area contributed by atoms with Crippen molar-refractivity contribution in [2.75, 3.05) is 0 Å². The Morgan fingerprint density at radius 3 is 2.50 bits per heavy atom. The van der Waals surface area contributed by atoms with E-state index >= 15 is 0 Å². The number of phenolic OH excluding ortho intramolecular Hbond substituents is 1. The molecule has 0 bridgehead atoms. The highest BCUT2D eigenvalue weighted by atomic mass is 19.4. The van der Waals surface area contributed by atoms with Crippen molar-refractivity contribution in [3.8, 4) is 17.0 Å². The van der Waals surface area contributed by atoms with Crippen LogP contribution in [0.3, 0.4) is 0 Å². The molecule has 2 aliphatic rings. The minimum absolute atomic E-state index is 0.165. The number of hydrogen-bond acceptors (Lipinski definition) is 4. The second-order valence-corrected chi connectivity index (χ2v) is 7.07. The molecule has 0 unspecified atom stereocenters. The molecule has 0 aliphatic heterocycles. The Labute approximate surface area is 144 Å². The molecule has 5 rings (SSSR count). The number of aromatic hydroxyl groups is 1. The van der Waals surface area contributed by atoms with Crippen LogP contribution in [0.4, 0.5) is 17.6 Å². The predicted molar refractivity (Wildman–Crippen MR) is 83.2 cm³/mol. The zero-order chi connectivity index (χ0) is 18.5. The van der Waals surface area contributed by atoms with Crippen LogP contribution >= 0.6 is 0 Å². The summed E-state index contributed by atoms with van der Waals surface area (Å²) in [4.78, 5) is 8.52. The summed E-state index contributed by atoms with van der Waals surface area (Å²) in [5.41, 5.74) is -1.35. The fourth-order valence-corrected chi connectivity index (χ4v) is 3.56. The molecule has 9 heteroatoms. The topological polar surface area (TPSA) is 63.8 Å². The van der Waals surface area contributed by atoms with Gasteiger partial charge in [-0.2, -0.15) is 13.2 Å². The number of nitrogens with zero attached hydrogens (tertiary/aromatic N) is 4. The first-order chi connectivity index (χ1) is 12.1.